The molecule has 0 unspecified atom stereocenters. The van der Waals surface area contributed by atoms with Gasteiger partial charge < -0.3 is 0 Å². The third-order valence-corrected chi connectivity index (χ3v) is 1.79. The van der Waals surface area contributed by atoms with Crippen molar-refractivity contribution in [2.24, 2.45) is 0 Å². The van der Waals surface area contributed by atoms with Crippen molar-refractivity contribution in [3.8, 4) is 12.3 Å². The molecule has 0 bridgehead atoms. The van der Waals surface area contributed by atoms with Crippen LogP contribution in [0.2, 0.25) is 0 Å². The van der Waals surface area contributed by atoms with Crippen LogP contribution >= 0.6 is 0 Å². The van der Waals surface area contributed by atoms with Crippen LogP contribution in [0, 0.1) is 12.3 Å². The first-order valence-corrected chi connectivity index (χ1v) is 4.11. The van der Waals surface area contributed by atoms with Gasteiger partial charge in [-0.05, 0) is 17.0 Å². The van der Waals surface area contributed by atoms with Gasteiger partial charge in [-0.25, -0.2) is 0 Å². The second kappa shape index (κ2) is 3.92. The summed E-state index contributed by atoms with van der Waals surface area (Å²) in [7, 11) is 0. The standard InChI is InChI=1S/C11H13N/c1-4-5-10-6-11(9(2)3)8-12-7-10/h1,6-9H,5H2,2-3H3. The topological polar surface area (TPSA) is 12.9 Å². The van der Waals surface area contributed by atoms with Crippen LogP contribution in [-0.4, -0.2) is 4.98 Å². The van der Waals surface area contributed by atoms with E-state index in [1.54, 1.807) is 0 Å². The second-order valence-electron chi connectivity index (χ2n) is 3.16. The Kier molecular flexibility index (Phi) is 2.88. The third-order valence-electron chi connectivity index (χ3n) is 1.79. The number of rotatable bonds is 2. The van der Waals surface area contributed by atoms with Crippen molar-refractivity contribution in [1.82, 2.24) is 4.98 Å². The fourth-order valence-electron chi connectivity index (χ4n) is 1.04. The van der Waals surface area contributed by atoms with Crippen LogP contribution in [0.1, 0.15) is 30.9 Å². The van der Waals surface area contributed by atoms with Gasteiger partial charge in [0.05, 0.1) is 0 Å². The predicted molar refractivity (Wildman–Crippen MR) is 50.9 cm³/mol. The van der Waals surface area contributed by atoms with Crippen molar-refractivity contribution in [2.45, 2.75) is 26.2 Å². The summed E-state index contributed by atoms with van der Waals surface area (Å²) >= 11 is 0. The van der Waals surface area contributed by atoms with E-state index in [0.29, 0.717) is 12.3 Å². The summed E-state index contributed by atoms with van der Waals surface area (Å²) in [6.45, 7) is 4.30. The van der Waals surface area contributed by atoms with E-state index in [9.17, 15) is 0 Å². The number of hydrogen-bond acceptors (Lipinski definition) is 1. The van der Waals surface area contributed by atoms with E-state index >= 15 is 0 Å². The van der Waals surface area contributed by atoms with Gasteiger partial charge in [-0.3, -0.25) is 4.98 Å². The number of hydrogen-bond donors (Lipinski definition) is 0. The van der Waals surface area contributed by atoms with E-state index in [1.807, 2.05) is 12.4 Å². The molecule has 0 atom stereocenters. The first-order valence-electron chi connectivity index (χ1n) is 4.11. The molecule has 0 saturated heterocycles. The molecular weight excluding hydrogens is 146 g/mol. The molecule has 0 aliphatic carbocycles. The minimum absolute atomic E-state index is 0.523. The SMILES string of the molecule is C#CCc1cncc(C(C)C)c1. The van der Waals surface area contributed by atoms with E-state index in [2.05, 4.69) is 30.8 Å². The van der Waals surface area contributed by atoms with Gasteiger partial charge in [-0.2, -0.15) is 0 Å². The first-order chi connectivity index (χ1) is 5.74. The summed E-state index contributed by atoms with van der Waals surface area (Å²) in [6, 6.07) is 2.12. The van der Waals surface area contributed by atoms with Crippen LogP contribution in [0.5, 0.6) is 0 Å². The molecule has 0 N–H and O–H groups in total. The predicted octanol–water partition coefficient (Wildman–Crippen LogP) is 2.38. The monoisotopic (exact) mass is 159 g/mol. The molecule has 0 fully saturated rings. The molecule has 12 heavy (non-hydrogen) atoms. The largest absolute Gasteiger partial charge is 0.264 e. The number of aromatic nitrogens is 1. The summed E-state index contributed by atoms with van der Waals surface area (Å²) in [6.07, 6.45) is 9.60. The van der Waals surface area contributed by atoms with Gasteiger partial charge in [0, 0.05) is 18.8 Å². The molecule has 1 aromatic heterocycles. The van der Waals surface area contributed by atoms with Crippen molar-refractivity contribution in [1.29, 1.82) is 0 Å². The lowest BCUT2D eigenvalue weighted by molar-refractivity contribution is 0.854. The lowest BCUT2D eigenvalue weighted by Crippen LogP contribution is -1.91. The molecule has 1 heteroatoms. The lowest BCUT2D eigenvalue weighted by atomic mass is 10.0. The molecule has 0 spiro atoms. The molecule has 0 aliphatic heterocycles. The summed E-state index contributed by atoms with van der Waals surface area (Å²) in [5.74, 6) is 3.13. The number of terminal acetylenes is 1. The normalized spacial score (nSPS) is 9.83. The van der Waals surface area contributed by atoms with Crippen LogP contribution < -0.4 is 0 Å². The Morgan fingerprint density at radius 3 is 2.83 bits per heavy atom. The van der Waals surface area contributed by atoms with Gasteiger partial charge in [0.2, 0.25) is 0 Å². The molecule has 1 nitrogen and oxygen atoms in total. The molecule has 0 amide bonds. The molecule has 0 aromatic carbocycles. The maximum absolute atomic E-state index is 5.21. The summed E-state index contributed by atoms with van der Waals surface area (Å²) < 4.78 is 0. The highest BCUT2D eigenvalue weighted by Crippen LogP contribution is 2.13. The van der Waals surface area contributed by atoms with E-state index in [4.69, 9.17) is 6.42 Å². The molecule has 0 radical (unpaired) electrons. The van der Waals surface area contributed by atoms with Gasteiger partial charge in [-0.1, -0.05) is 19.9 Å². The van der Waals surface area contributed by atoms with E-state index in [0.717, 1.165) is 5.56 Å². The Morgan fingerprint density at radius 2 is 2.25 bits per heavy atom. The van der Waals surface area contributed by atoms with Gasteiger partial charge in [0.1, 0.15) is 0 Å². The van der Waals surface area contributed by atoms with Crippen LogP contribution in [0.15, 0.2) is 18.5 Å². The van der Waals surface area contributed by atoms with Crippen molar-refractivity contribution in [3.63, 3.8) is 0 Å². The summed E-state index contributed by atoms with van der Waals surface area (Å²) in [5.41, 5.74) is 2.38. The minimum atomic E-state index is 0.523. The van der Waals surface area contributed by atoms with Crippen LogP contribution in [-0.2, 0) is 6.42 Å². The zero-order valence-electron chi connectivity index (χ0n) is 7.54. The van der Waals surface area contributed by atoms with Crippen LogP contribution in [0.3, 0.4) is 0 Å². The summed E-state index contributed by atoms with van der Waals surface area (Å²) in [4.78, 5) is 4.13. The Labute approximate surface area is 73.8 Å². The van der Waals surface area contributed by atoms with Crippen molar-refractivity contribution < 1.29 is 0 Å². The van der Waals surface area contributed by atoms with Gasteiger partial charge >= 0.3 is 0 Å². The maximum Gasteiger partial charge on any atom is 0.0353 e. The molecule has 1 aromatic rings. The Morgan fingerprint density at radius 1 is 1.50 bits per heavy atom. The average Bonchev–Trinajstić information content (AvgIpc) is 2.05. The molecular formula is C11H13N. The number of nitrogens with zero attached hydrogens (tertiary/aromatic N) is 1. The third kappa shape index (κ3) is 2.10. The average molecular weight is 159 g/mol. The molecule has 62 valence electrons. The fourth-order valence-corrected chi connectivity index (χ4v) is 1.04. The van der Waals surface area contributed by atoms with Gasteiger partial charge in [-0.15, -0.1) is 12.3 Å². The highest BCUT2D eigenvalue weighted by molar-refractivity contribution is 5.23. The van der Waals surface area contributed by atoms with Gasteiger partial charge in [0.25, 0.3) is 0 Å². The van der Waals surface area contributed by atoms with Crippen molar-refractivity contribution >= 4 is 0 Å². The van der Waals surface area contributed by atoms with E-state index in [1.165, 1.54) is 5.56 Å². The lowest BCUT2D eigenvalue weighted by Gasteiger charge is -2.04. The zero-order valence-corrected chi connectivity index (χ0v) is 7.54. The number of pyridine rings is 1. The Bertz CT molecular complexity index is 294. The highest BCUT2D eigenvalue weighted by Gasteiger charge is 1.99. The fraction of sp³-hybridized carbons (Fsp3) is 0.364. The van der Waals surface area contributed by atoms with Gasteiger partial charge in [0.15, 0.2) is 0 Å². The first kappa shape index (κ1) is 8.80. The van der Waals surface area contributed by atoms with Crippen LogP contribution in [0.25, 0.3) is 0 Å². The molecule has 1 heterocycles. The quantitative estimate of drug-likeness (QED) is 0.604. The Balaban J connectivity index is 2.90. The van der Waals surface area contributed by atoms with Crippen molar-refractivity contribution in [3.05, 3.63) is 29.6 Å². The van der Waals surface area contributed by atoms with Crippen molar-refractivity contribution in [2.75, 3.05) is 0 Å². The van der Waals surface area contributed by atoms with E-state index in [-0.39, 0.29) is 0 Å². The van der Waals surface area contributed by atoms with Crippen LogP contribution in [0.4, 0.5) is 0 Å². The Hall–Kier alpha value is -1.29. The molecule has 0 aliphatic rings. The van der Waals surface area contributed by atoms with E-state index < -0.39 is 0 Å². The summed E-state index contributed by atoms with van der Waals surface area (Å²) in [5, 5.41) is 0. The minimum Gasteiger partial charge on any atom is -0.264 e. The molecule has 1 rings (SSSR count). The maximum atomic E-state index is 5.21. The molecule has 0 saturated carbocycles. The zero-order chi connectivity index (χ0) is 8.97. The second-order valence-corrected chi connectivity index (χ2v) is 3.16. The highest BCUT2D eigenvalue weighted by atomic mass is 14.6. The smallest absolute Gasteiger partial charge is 0.0353 e.